The van der Waals surface area contributed by atoms with Gasteiger partial charge in [0.2, 0.25) is 0 Å². The molecule has 0 aliphatic heterocycles. The third-order valence-corrected chi connectivity index (χ3v) is 3.09. The summed E-state index contributed by atoms with van der Waals surface area (Å²) >= 11 is 0. The first-order valence-corrected chi connectivity index (χ1v) is 6.37. The number of rotatable bonds is 2. The third-order valence-electron chi connectivity index (χ3n) is 3.09. The summed E-state index contributed by atoms with van der Waals surface area (Å²) < 4.78 is 42.7. The molecule has 0 saturated heterocycles. The lowest BCUT2D eigenvalue weighted by Gasteiger charge is -2.12. The molecule has 1 N–H and O–H groups in total. The highest BCUT2D eigenvalue weighted by Crippen LogP contribution is 2.35. The molecule has 4 nitrogen and oxygen atoms in total. The Morgan fingerprint density at radius 3 is 2.68 bits per heavy atom. The van der Waals surface area contributed by atoms with Crippen LogP contribution in [0.15, 0.2) is 42.6 Å². The van der Waals surface area contributed by atoms with Crippen LogP contribution in [0.4, 0.5) is 13.2 Å². The number of imidazole rings is 1. The minimum Gasteiger partial charge on any atom is -0.504 e. The van der Waals surface area contributed by atoms with Gasteiger partial charge in [-0.05, 0) is 37.3 Å². The number of hydrogen-bond acceptors (Lipinski definition) is 3. The van der Waals surface area contributed by atoms with Gasteiger partial charge in [-0.15, -0.1) is 13.2 Å². The number of aryl methyl sites for hydroxylation is 1. The number of fused-ring (bicyclic) bond motifs is 1. The van der Waals surface area contributed by atoms with E-state index in [-0.39, 0.29) is 0 Å². The number of hydrogen-bond donors (Lipinski definition) is 1. The monoisotopic (exact) mass is 308 g/mol. The molecular formula is C15H11F3N2O2. The summed E-state index contributed by atoms with van der Waals surface area (Å²) in [5.41, 5.74) is 2.59. The van der Waals surface area contributed by atoms with Crippen molar-refractivity contribution in [3.8, 4) is 22.8 Å². The molecule has 0 radical (unpaired) electrons. The van der Waals surface area contributed by atoms with Crippen LogP contribution in [-0.2, 0) is 0 Å². The molecule has 0 amide bonds. The summed E-state index contributed by atoms with van der Waals surface area (Å²) in [6, 6.07) is 9.13. The van der Waals surface area contributed by atoms with E-state index < -0.39 is 17.9 Å². The first-order chi connectivity index (χ1) is 10.3. The number of aromatic hydroxyl groups is 1. The molecule has 7 heteroatoms. The zero-order chi connectivity index (χ0) is 15.9. The van der Waals surface area contributed by atoms with Crippen LogP contribution in [0, 0.1) is 6.92 Å². The Kier molecular flexibility index (Phi) is 3.20. The Hall–Kier alpha value is -2.70. The molecule has 0 atom stereocenters. The fourth-order valence-electron chi connectivity index (χ4n) is 2.25. The van der Waals surface area contributed by atoms with Gasteiger partial charge in [0.1, 0.15) is 5.65 Å². The summed E-state index contributed by atoms with van der Waals surface area (Å²) in [4.78, 5) is 4.30. The van der Waals surface area contributed by atoms with Crippen molar-refractivity contribution in [2.75, 3.05) is 0 Å². The van der Waals surface area contributed by atoms with Crippen molar-refractivity contribution >= 4 is 5.65 Å². The van der Waals surface area contributed by atoms with Gasteiger partial charge < -0.3 is 9.84 Å². The van der Waals surface area contributed by atoms with Gasteiger partial charge in [0.05, 0.1) is 11.4 Å². The number of phenols is 1. The molecule has 1 aromatic carbocycles. The summed E-state index contributed by atoms with van der Waals surface area (Å²) in [6.07, 6.45) is -3.09. The van der Waals surface area contributed by atoms with E-state index in [2.05, 4.69) is 9.72 Å². The maximum absolute atomic E-state index is 12.4. The van der Waals surface area contributed by atoms with E-state index in [9.17, 15) is 18.3 Å². The maximum atomic E-state index is 12.4. The third kappa shape index (κ3) is 2.69. The SMILES string of the molecule is Cc1cn2c(-c3ccc(O)c(OC(F)(F)F)c3)cccc2n1. The molecule has 0 bridgehead atoms. The van der Waals surface area contributed by atoms with Crippen molar-refractivity contribution < 1.29 is 23.0 Å². The van der Waals surface area contributed by atoms with Gasteiger partial charge in [-0.25, -0.2) is 4.98 Å². The zero-order valence-electron chi connectivity index (χ0n) is 11.4. The van der Waals surface area contributed by atoms with Gasteiger partial charge in [0.25, 0.3) is 0 Å². The number of phenolic OH excluding ortho intramolecular Hbond substituents is 1. The van der Waals surface area contributed by atoms with E-state index >= 15 is 0 Å². The smallest absolute Gasteiger partial charge is 0.504 e. The first-order valence-electron chi connectivity index (χ1n) is 6.37. The Labute approximate surface area is 123 Å². The summed E-state index contributed by atoms with van der Waals surface area (Å²) in [5.74, 6) is -1.21. The molecule has 0 spiro atoms. The number of alkyl halides is 3. The van der Waals surface area contributed by atoms with E-state index in [0.29, 0.717) is 16.9 Å². The van der Waals surface area contributed by atoms with Gasteiger partial charge >= 0.3 is 6.36 Å². The predicted molar refractivity (Wildman–Crippen MR) is 73.7 cm³/mol. The lowest BCUT2D eigenvalue weighted by Crippen LogP contribution is -2.17. The van der Waals surface area contributed by atoms with E-state index in [1.54, 1.807) is 28.8 Å². The van der Waals surface area contributed by atoms with Crippen LogP contribution in [0.1, 0.15) is 5.69 Å². The number of aromatic nitrogens is 2. The molecule has 114 valence electrons. The van der Waals surface area contributed by atoms with Crippen molar-refractivity contribution in [1.82, 2.24) is 9.38 Å². The summed E-state index contributed by atoms with van der Waals surface area (Å²) in [6.45, 7) is 1.83. The van der Waals surface area contributed by atoms with Gasteiger partial charge in [-0.1, -0.05) is 6.07 Å². The highest BCUT2D eigenvalue weighted by molar-refractivity contribution is 5.67. The number of nitrogens with zero attached hydrogens (tertiary/aromatic N) is 2. The normalized spacial score (nSPS) is 11.8. The molecule has 0 fully saturated rings. The topological polar surface area (TPSA) is 46.8 Å². The average Bonchev–Trinajstić information content (AvgIpc) is 2.79. The number of pyridine rings is 1. The highest BCUT2D eigenvalue weighted by atomic mass is 19.4. The average molecular weight is 308 g/mol. The second kappa shape index (κ2) is 4.94. The molecule has 22 heavy (non-hydrogen) atoms. The minimum absolute atomic E-state index is 0.472. The van der Waals surface area contributed by atoms with E-state index in [1.807, 2.05) is 6.92 Å². The van der Waals surface area contributed by atoms with Gasteiger partial charge in [-0.3, -0.25) is 4.40 Å². The van der Waals surface area contributed by atoms with Crippen LogP contribution in [0.3, 0.4) is 0 Å². The number of benzene rings is 1. The lowest BCUT2D eigenvalue weighted by atomic mass is 10.1. The molecule has 0 saturated carbocycles. The fourth-order valence-corrected chi connectivity index (χ4v) is 2.25. The molecule has 0 unspecified atom stereocenters. The second-order valence-corrected chi connectivity index (χ2v) is 4.75. The second-order valence-electron chi connectivity index (χ2n) is 4.75. The van der Waals surface area contributed by atoms with Crippen LogP contribution < -0.4 is 4.74 Å². The Morgan fingerprint density at radius 1 is 1.18 bits per heavy atom. The highest BCUT2D eigenvalue weighted by Gasteiger charge is 2.32. The van der Waals surface area contributed by atoms with Crippen LogP contribution in [0.25, 0.3) is 16.9 Å². The van der Waals surface area contributed by atoms with Crippen molar-refractivity contribution in [2.45, 2.75) is 13.3 Å². The molecule has 0 aliphatic rings. The zero-order valence-corrected chi connectivity index (χ0v) is 11.4. The van der Waals surface area contributed by atoms with Crippen LogP contribution in [-0.4, -0.2) is 20.9 Å². The fraction of sp³-hybridized carbons (Fsp3) is 0.133. The van der Waals surface area contributed by atoms with Gasteiger partial charge in [0, 0.05) is 11.8 Å². The van der Waals surface area contributed by atoms with Crippen LogP contribution in [0.5, 0.6) is 11.5 Å². The molecule has 2 heterocycles. The molecule has 3 rings (SSSR count). The van der Waals surface area contributed by atoms with E-state index in [4.69, 9.17) is 0 Å². The Bertz CT molecular complexity index is 840. The van der Waals surface area contributed by atoms with Crippen molar-refractivity contribution in [3.05, 3.63) is 48.3 Å². The Morgan fingerprint density at radius 2 is 1.95 bits per heavy atom. The number of ether oxygens (including phenoxy) is 1. The van der Waals surface area contributed by atoms with E-state index in [0.717, 1.165) is 11.8 Å². The predicted octanol–water partition coefficient (Wildman–Crippen LogP) is 3.91. The molecule has 3 aromatic rings. The molecule has 0 aliphatic carbocycles. The molecule has 2 aromatic heterocycles. The van der Waals surface area contributed by atoms with Gasteiger partial charge in [0.15, 0.2) is 11.5 Å². The van der Waals surface area contributed by atoms with E-state index in [1.165, 1.54) is 12.1 Å². The first kappa shape index (κ1) is 14.2. The molecular weight excluding hydrogens is 297 g/mol. The summed E-state index contributed by atoms with van der Waals surface area (Å²) in [7, 11) is 0. The summed E-state index contributed by atoms with van der Waals surface area (Å²) in [5, 5.41) is 9.52. The standard InChI is InChI=1S/C15H11F3N2O2/c1-9-8-20-11(3-2-4-14(20)19-9)10-5-6-12(21)13(7-10)22-15(16,17)18/h2-8,21H,1H3. The quantitative estimate of drug-likeness (QED) is 0.780. The van der Waals surface area contributed by atoms with Gasteiger partial charge in [-0.2, -0.15) is 0 Å². The minimum atomic E-state index is -4.87. The van der Waals surface area contributed by atoms with Crippen LogP contribution in [0.2, 0.25) is 0 Å². The Balaban J connectivity index is 2.13. The van der Waals surface area contributed by atoms with Crippen LogP contribution >= 0.6 is 0 Å². The largest absolute Gasteiger partial charge is 0.573 e. The van der Waals surface area contributed by atoms with Crippen molar-refractivity contribution in [2.24, 2.45) is 0 Å². The van der Waals surface area contributed by atoms with Crippen molar-refractivity contribution in [3.63, 3.8) is 0 Å². The lowest BCUT2D eigenvalue weighted by molar-refractivity contribution is -0.275. The number of halogens is 3. The van der Waals surface area contributed by atoms with Crippen molar-refractivity contribution in [1.29, 1.82) is 0 Å². The maximum Gasteiger partial charge on any atom is 0.573 e.